The number of piperazine rings is 1. The predicted octanol–water partition coefficient (Wildman–Crippen LogP) is 4.65. The van der Waals surface area contributed by atoms with Crippen LogP contribution in [-0.4, -0.2) is 103 Å². The largest absolute Gasteiger partial charge is 0.368 e. The number of unbranched alkanes of at least 4 members (excludes halogenated alkanes) is 1. The number of nitrogens with one attached hydrogen (secondary N) is 2. The van der Waals surface area contributed by atoms with Gasteiger partial charge in [-0.3, -0.25) is 48.5 Å². The zero-order valence-corrected chi connectivity index (χ0v) is 32.9. The van der Waals surface area contributed by atoms with E-state index in [4.69, 9.17) is 4.98 Å². The molecule has 3 aromatic heterocycles. The van der Waals surface area contributed by atoms with E-state index < -0.39 is 29.7 Å². The molecular weight excluding hydrogens is 747 g/mol. The summed E-state index contributed by atoms with van der Waals surface area (Å²) in [5.41, 5.74) is 2.75. The highest BCUT2D eigenvalue weighted by atomic mass is 32.2. The number of benzene rings is 1. The molecule has 57 heavy (non-hydrogen) atoms. The first kappa shape index (κ1) is 38.4. The van der Waals surface area contributed by atoms with Gasteiger partial charge in [-0.25, -0.2) is 9.97 Å². The van der Waals surface area contributed by atoms with Crippen LogP contribution in [0.3, 0.4) is 0 Å². The van der Waals surface area contributed by atoms with E-state index in [1.165, 1.54) is 6.92 Å². The lowest BCUT2D eigenvalue weighted by Gasteiger charge is -2.36. The Morgan fingerprint density at radius 2 is 1.72 bits per heavy atom. The molecule has 0 spiro atoms. The minimum atomic E-state index is -0.975. The Labute approximate surface area is 333 Å². The summed E-state index contributed by atoms with van der Waals surface area (Å²) in [6.45, 7) is 7.75. The van der Waals surface area contributed by atoms with Crippen molar-refractivity contribution in [3.8, 4) is 0 Å². The molecule has 4 amide bonds. The summed E-state index contributed by atoms with van der Waals surface area (Å²) < 4.78 is 1.71. The number of aryl methyl sites for hydroxylation is 1. The lowest BCUT2D eigenvalue weighted by molar-refractivity contribution is -0.136. The Kier molecular flexibility index (Phi) is 10.9. The Balaban J connectivity index is 0.818. The van der Waals surface area contributed by atoms with Crippen LogP contribution in [0.4, 0.5) is 17.5 Å². The van der Waals surface area contributed by atoms with E-state index in [0.29, 0.717) is 39.5 Å². The first-order chi connectivity index (χ1) is 27.6. The van der Waals surface area contributed by atoms with Gasteiger partial charge in [-0.15, -0.1) is 11.8 Å². The van der Waals surface area contributed by atoms with Gasteiger partial charge in [0.2, 0.25) is 17.8 Å². The number of aromatic nitrogens is 4. The molecule has 1 saturated carbocycles. The van der Waals surface area contributed by atoms with Gasteiger partial charge in [-0.2, -0.15) is 4.98 Å². The van der Waals surface area contributed by atoms with Gasteiger partial charge in [0.1, 0.15) is 17.5 Å². The molecule has 1 unspecified atom stereocenters. The fraction of sp³-hybridized carbons (Fsp3) is 0.439. The number of carbonyl (C=O) groups is 5. The molecule has 16 heteroatoms. The number of amides is 4. The third-order valence-corrected chi connectivity index (χ3v) is 12.7. The number of hydrogen-bond acceptors (Lipinski definition) is 13. The van der Waals surface area contributed by atoms with Crippen molar-refractivity contribution in [2.45, 2.75) is 82.2 Å². The van der Waals surface area contributed by atoms with E-state index in [1.807, 2.05) is 24.4 Å². The maximum Gasteiger partial charge on any atom is 0.263 e. The lowest BCUT2D eigenvalue weighted by Crippen LogP contribution is -2.54. The molecule has 15 nitrogen and oxygen atoms in total. The van der Waals surface area contributed by atoms with Gasteiger partial charge < -0.3 is 10.2 Å². The number of fused-ring (bicyclic) bond motifs is 2. The second-order valence-corrected chi connectivity index (χ2v) is 16.3. The van der Waals surface area contributed by atoms with Gasteiger partial charge in [0, 0.05) is 55.1 Å². The van der Waals surface area contributed by atoms with Gasteiger partial charge in [0.25, 0.3) is 17.4 Å². The first-order valence-electron chi connectivity index (χ1n) is 19.7. The van der Waals surface area contributed by atoms with Gasteiger partial charge in [-0.05, 0) is 88.1 Å². The second-order valence-electron chi connectivity index (χ2n) is 15.1. The smallest absolute Gasteiger partial charge is 0.263 e. The maximum absolute atomic E-state index is 13.6. The first-order valence-corrected chi connectivity index (χ1v) is 20.7. The summed E-state index contributed by atoms with van der Waals surface area (Å²) >= 11 is 1.55. The van der Waals surface area contributed by atoms with Gasteiger partial charge in [0.05, 0.1) is 28.6 Å². The number of imide groups is 2. The number of pyridine rings is 2. The van der Waals surface area contributed by atoms with Crippen molar-refractivity contribution in [1.82, 2.24) is 34.6 Å². The topological polar surface area (TPSA) is 180 Å². The summed E-state index contributed by atoms with van der Waals surface area (Å²) in [6.07, 6.45) is 9.50. The van der Waals surface area contributed by atoms with Crippen LogP contribution in [-0.2, 0) is 9.59 Å². The maximum atomic E-state index is 13.6. The molecule has 6 heterocycles. The fourth-order valence-electron chi connectivity index (χ4n) is 8.52. The third-order valence-electron chi connectivity index (χ3n) is 11.5. The van der Waals surface area contributed by atoms with Crippen molar-refractivity contribution in [2.75, 3.05) is 48.7 Å². The summed E-state index contributed by atoms with van der Waals surface area (Å²) in [7, 11) is 0. The molecule has 1 atom stereocenters. The molecule has 2 N–H and O–H groups in total. The quantitative estimate of drug-likeness (QED) is 0.0878. The predicted molar refractivity (Wildman–Crippen MR) is 215 cm³/mol. The van der Waals surface area contributed by atoms with Crippen LogP contribution in [0, 0.1) is 6.92 Å². The third kappa shape index (κ3) is 7.55. The number of piperidine rings is 1. The van der Waals surface area contributed by atoms with Crippen LogP contribution in [0.2, 0.25) is 0 Å². The van der Waals surface area contributed by atoms with Crippen LogP contribution in [0.5, 0.6) is 0 Å². The van der Waals surface area contributed by atoms with Crippen LogP contribution in [0.25, 0.3) is 11.0 Å². The molecule has 4 aromatic rings. The van der Waals surface area contributed by atoms with E-state index in [-0.39, 0.29) is 35.8 Å². The molecule has 4 aliphatic rings. The molecule has 1 aliphatic carbocycles. The Bertz CT molecular complexity index is 2330. The van der Waals surface area contributed by atoms with Crippen molar-refractivity contribution in [3.05, 3.63) is 75.3 Å². The standard InChI is InChI=1S/C41H45N9O6S/c1-24-29-23-43-41(46-36(29)49(26-8-3-4-9-26)39(55)34(24)25(2)51)44-32-14-12-27(22-42-32)48-19-17-47(18-20-48)16-5-6-21-57-31-11-7-10-28-35(31)40(56)50(38(28)54)30-13-15-33(52)45-37(30)53/h7,10-12,14,22-23,26,30H,3-6,8-9,13,15-21H2,1-2H3,(H,45,52,53)(H,42,43,44,46). The van der Waals surface area contributed by atoms with Gasteiger partial charge in [0.15, 0.2) is 5.78 Å². The molecule has 3 fully saturated rings. The van der Waals surface area contributed by atoms with E-state index in [2.05, 4.69) is 30.4 Å². The molecule has 8 rings (SSSR count). The van der Waals surface area contributed by atoms with Crippen molar-refractivity contribution >= 4 is 69.7 Å². The average molecular weight is 792 g/mol. The number of ketones is 1. The van der Waals surface area contributed by atoms with Crippen molar-refractivity contribution < 1.29 is 24.0 Å². The summed E-state index contributed by atoms with van der Waals surface area (Å²) in [5.74, 6) is -0.503. The van der Waals surface area contributed by atoms with Crippen LogP contribution in [0.15, 0.2) is 52.4 Å². The number of anilines is 3. The average Bonchev–Trinajstić information content (AvgIpc) is 3.82. The molecule has 3 aliphatic heterocycles. The lowest BCUT2D eigenvalue weighted by atomic mass is 10.0. The normalized spacial score (nSPS) is 19.1. The van der Waals surface area contributed by atoms with E-state index in [9.17, 15) is 28.8 Å². The Hall–Kier alpha value is -5.48. The number of nitrogens with zero attached hydrogens (tertiary/aromatic N) is 7. The number of Topliss-reactive ketones (excluding diaryl/α,β-unsaturated/α-hetero) is 1. The van der Waals surface area contributed by atoms with Gasteiger partial charge >= 0.3 is 0 Å². The molecule has 1 aromatic carbocycles. The summed E-state index contributed by atoms with van der Waals surface area (Å²) in [6, 6.07) is 8.20. The van der Waals surface area contributed by atoms with Crippen LogP contribution in [0.1, 0.15) is 101 Å². The Morgan fingerprint density at radius 1 is 0.930 bits per heavy atom. The van der Waals surface area contributed by atoms with E-state index in [1.54, 1.807) is 41.6 Å². The second kappa shape index (κ2) is 16.2. The molecular formula is C41H45N9O6S. The summed E-state index contributed by atoms with van der Waals surface area (Å²) in [5, 5.41) is 6.15. The summed E-state index contributed by atoms with van der Waals surface area (Å²) in [4.78, 5) is 97.1. The van der Waals surface area contributed by atoms with E-state index in [0.717, 1.165) is 92.5 Å². The minimum absolute atomic E-state index is 0.00389. The van der Waals surface area contributed by atoms with Gasteiger partial charge in [-0.1, -0.05) is 18.9 Å². The van der Waals surface area contributed by atoms with Crippen molar-refractivity contribution in [1.29, 1.82) is 0 Å². The molecule has 0 radical (unpaired) electrons. The highest BCUT2D eigenvalue weighted by Gasteiger charge is 2.45. The number of hydrogen-bond donors (Lipinski definition) is 2. The minimum Gasteiger partial charge on any atom is -0.368 e. The highest BCUT2D eigenvalue weighted by Crippen LogP contribution is 2.35. The zero-order chi connectivity index (χ0) is 39.8. The fourth-order valence-corrected chi connectivity index (χ4v) is 9.61. The molecule has 296 valence electrons. The SMILES string of the molecule is CC(=O)c1c(C)c2cnc(Nc3ccc(N4CCN(CCCCSc5cccc6c5C(=O)N(C5CCC(=O)NC5=O)C6=O)CC4)cn3)nc2n(C2CCCC2)c1=O. The highest BCUT2D eigenvalue weighted by molar-refractivity contribution is 7.99. The Morgan fingerprint density at radius 3 is 2.44 bits per heavy atom. The van der Waals surface area contributed by atoms with Crippen LogP contribution >= 0.6 is 11.8 Å². The van der Waals surface area contributed by atoms with Crippen molar-refractivity contribution in [3.63, 3.8) is 0 Å². The number of thioether (sulfide) groups is 1. The molecule has 0 bridgehead atoms. The number of rotatable bonds is 12. The number of carbonyl (C=O) groups excluding carboxylic acids is 5. The van der Waals surface area contributed by atoms with E-state index >= 15 is 0 Å². The van der Waals surface area contributed by atoms with Crippen LogP contribution < -0.4 is 21.1 Å². The van der Waals surface area contributed by atoms with Crippen molar-refractivity contribution in [2.24, 2.45) is 0 Å². The monoisotopic (exact) mass is 791 g/mol. The zero-order valence-electron chi connectivity index (χ0n) is 32.1. The molecule has 2 saturated heterocycles.